The molecule has 1 aliphatic heterocycles. The zero-order valence-electron chi connectivity index (χ0n) is 14.2. The van der Waals surface area contributed by atoms with Gasteiger partial charge in [-0.05, 0) is 0 Å². The van der Waals surface area contributed by atoms with E-state index < -0.39 is 0 Å². The summed E-state index contributed by atoms with van der Waals surface area (Å²) in [5.41, 5.74) is 7.59. The van der Waals surface area contributed by atoms with Crippen molar-refractivity contribution in [2.24, 2.45) is 0 Å². The van der Waals surface area contributed by atoms with Crippen molar-refractivity contribution in [2.45, 2.75) is 38.2 Å². The topological polar surface area (TPSA) is 84.4 Å². The zero-order chi connectivity index (χ0) is 17.1. The Morgan fingerprint density at radius 2 is 2.25 bits per heavy atom. The molecule has 1 aliphatic rings. The molecule has 7 heteroatoms. The van der Waals surface area contributed by atoms with E-state index in [1.165, 1.54) is 6.33 Å². The minimum Gasteiger partial charge on any atom is -0.383 e. The summed E-state index contributed by atoms with van der Waals surface area (Å²) in [6, 6.07) is 0. The number of anilines is 1. The van der Waals surface area contributed by atoms with Crippen LogP contribution < -0.4 is 5.73 Å². The molecule has 3 rings (SSSR count). The highest BCUT2D eigenvalue weighted by Gasteiger charge is 2.37. The lowest BCUT2D eigenvalue weighted by molar-refractivity contribution is -0.0596. The summed E-state index contributed by atoms with van der Waals surface area (Å²) in [6.45, 7) is 2.48. The Morgan fingerprint density at radius 1 is 1.42 bits per heavy atom. The van der Waals surface area contributed by atoms with E-state index >= 15 is 0 Å². The van der Waals surface area contributed by atoms with Crippen LogP contribution in [-0.2, 0) is 14.2 Å². The number of aromatic nitrogens is 3. The minimum absolute atomic E-state index is 0.0308. The van der Waals surface area contributed by atoms with E-state index in [1.54, 1.807) is 14.2 Å². The monoisotopic (exact) mass is 330 g/mol. The number of nitrogens with zero attached hydrogens (tertiary/aromatic N) is 3. The first kappa shape index (κ1) is 16.7. The summed E-state index contributed by atoms with van der Waals surface area (Å²) in [6.07, 6.45) is 4.51. The Hall–Kier alpha value is -2.14. The van der Waals surface area contributed by atoms with Crippen molar-refractivity contribution in [2.75, 3.05) is 26.6 Å². The molecular weight excluding hydrogens is 308 g/mol. The molecule has 2 aromatic rings. The molecule has 2 N–H and O–H groups in total. The Bertz CT molecular complexity index is 777. The van der Waals surface area contributed by atoms with Crippen molar-refractivity contribution in [1.29, 1.82) is 0 Å². The van der Waals surface area contributed by atoms with Gasteiger partial charge in [-0.2, -0.15) is 0 Å². The number of methoxy groups -OCH3 is 2. The molecule has 1 fully saturated rings. The van der Waals surface area contributed by atoms with Crippen LogP contribution in [0.1, 0.15) is 31.6 Å². The highest BCUT2D eigenvalue weighted by Crippen LogP contribution is 2.35. The van der Waals surface area contributed by atoms with Crippen LogP contribution in [0.3, 0.4) is 0 Å². The van der Waals surface area contributed by atoms with E-state index in [1.807, 2.05) is 17.7 Å². The molecule has 0 saturated carbocycles. The van der Waals surface area contributed by atoms with Gasteiger partial charge in [0, 0.05) is 33.3 Å². The van der Waals surface area contributed by atoms with Gasteiger partial charge >= 0.3 is 0 Å². The van der Waals surface area contributed by atoms with Crippen LogP contribution in [0.4, 0.5) is 5.82 Å². The molecule has 0 amide bonds. The molecule has 1 saturated heterocycles. The third-order valence-electron chi connectivity index (χ3n) is 4.16. The third-order valence-corrected chi connectivity index (χ3v) is 4.16. The van der Waals surface area contributed by atoms with Crippen LogP contribution in [0.25, 0.3) is 11.0 Å². The SMILES string of the molecule is CCC#Cc1cn(C2CC(OC)C(COC)O2)c2ncnc(N)c12. The van der Waals surface area contributed by atoms with E-state index in [9.17, 15) is 0 Å². The predicted octanol–water partition coefficient (Wildman–Crippen LogP) is 1.72. The summed E-state index contributed by atoms with van der Waals surface area (Å²) in [4.78, 5) is 8.48. The van der Waals surface area contributed by atoms with Gasteiger partial charge < -0.3 is 24.5 Å². The molecule has 0 radical (unpaired) electrons. The van der Waals surface area contributed by atoms with Gasteiger partial charge in [0.25, 0.3) is 0 Å². The summed E-state index contributed by atoms with van der Waals surface area (Å²) in [7, 11) is 3.34. The lowest BCUT2D eigenvalue weighted by atomic mass is 10.2. The average molecular weight is 330 g/mol. The Balaban J connectivity index is 2.02. The van der Waals surface area contributed by atoms with Gasteiger partial charge in [-0.3, -0.25) is 0 Å². The van der Waals surface area contributed by atoms with Gasteiger partial charge in [0.15, 0.2) is 0 Å². The summed E-state index contributed by atoms with van der Waals surface area (Å²) in [5, 5.41) is 0.770. The molecule has 128 valence electrons. The van der Waals surface area contributed by atoms with Gasteiger partial charge in [-0.15, -0.1) is 0 Å². The molecule has 0 aliphatic carbocycles. The molecule has 0 aromatic carbocycles. The fourth-order valence-corrected chi connectivity index (χ4v) is 3.04. The van der Waals surface area contributed by atoms with Crippen molar-refractivity contribution in [1.82, 2.24) is 14.5 Å². The molecule has 3 atom stereocenters. The van der Waals surface area contributed by atoms with Gasteiger partial charge in [-0.1, -0.05) is 18.8 Å². The van der Waals surface area contributed by atoms with E-state index in [2.05, 4.69) is 21.8 Å². The highest BCUT2D eigenvalue weighted by molar-refractivity contribution is 5.92. The van der Waals surface area contributed by atoms with Gasteiger partial charge in [0.1, 0.15) is 30.1 Å². The van der Waals surface area contributed by atoms with Crippen LogP contribution in [0.2, 0.25) is 0 Å². The maximum atomic E-state index is 6.12. The summed E-state index contributed by atoms with van der Waals surface area (Å²) >= 11 is 0. The van der Waals surface area contributed by atoms with E-state index in [0.29, 0.717) is 18.8 Å². The van der Waals surface area contributed by atoms with E-state index in [4.69, 9.17) is 19.9 Å². The molecule has 2 aromatic heterocycles. The standard InChI is InChI=1S/C17H22N4O3/c1-4-5-6-11-8-21(17-15(11)16(18)19-10-20-17)14-7-12(23-3)13(24-14)9-22-2/h8,10,12-14H,4,7,9H2,1-3H3,(H2,18,19,20). The normalized spacial score (nSPS) is 23.4. The molecule has 0 bridgehead atoms. The molecular formula is C17H22N4O3. The number of hydrogen-bond acceptors (Lipinski definition) is 6. The first-order valence-electron chi connectivity index (χ1n) is 7.96. The Labute approximate surface area is 141 Å². The number of ether oxygens (including phenoxy) is 3. The van der Waals surface area contributed by atoms with Crippen molar-refractivity contribution >= 4 is 16.9 Å². The van der Waals surface area contributed by atoms with Crippen LogP contribution in [0.5, 0.6) is 0 Å². The first-order chi connectivity index (χ1) is 11.7. The molecule has 3 heterocycles. The average Bonchev–Trinajstić information content (AvgIpc) is 3.15. The fourth-order valence-electron chi connectivity index (χ4n) is 3.04. The van der Waals surface area contributed by atoms with E-state index in [-0.39, 0.29) is 18.4 Å². The van der Waals surface area contributed by atoms with Crippen LogP contribution >= 0.6 is 0 Å². The van der Waals surface area contributed by atoms with Crippen molar-refractivity contribution < 1.29 is 14.2 Å². The number of hydrogen-bond donors (Lipinski definition) is 1. The lowest BCUT2D eigenvalue weighted by Crippen LogP contribution is -2.27. The first-order valence-corrected chi connectivity index (χ1v) is 7.96. The number of fused-ring (bicyclic) bond motifs is 1. The second-order valence-electron chi connectivity index (χ2n) is 5.66. The van der Waals surface area contributed by atoms with Gasteiger partial charge in [-0.25, -0.2) is 9.97 Å². The van der Waals surface area contributed by atoms with Crippen LogP contribution in [0.15, 0.2) is 12.5 Å². The van der Waals surface area contributed by atoms with Crippen molar-refractivity contribution in [3.8, 4) is 11.8 Å². The fraction of sp³-hybridized carbons (Fsp3) is 0.529. The number of nitrogen functional groups attached to an aromatic ring is 1. The predicted molar refractivity (Wildman–Crippen MR) is 90.3 cm³/mol. The zero-order valence-corrected chi connectivity index (χ0v) is 14.2. The molecule has 24 heavy (non-hydrogen) atoms. The smallest absolute Gasteiger partial charge is 0.148 e. The van der Waals surface area contributed by atoms with Crippen molar-refractivity contribution in [3.63, 3.8) is 0 Å². The maximum Gasteiger partial charge on any atom is 0.148 e. The lowest BCUT2D eigenvalue weighted by Gasteiger charge is -2.16. The minimum atomic E-state index is -0.205. The highest BCUT2D eigenvalue weighted by atomic mass is 16.6. The van der Waals surface area contributed by atoms with Gasteiger partial charge in [0.05, 0.1) is 23.7 Å². The van der Waals surface area contributed by atoms with E-state index in [0.717, 1.165) is 23.0 Å². The second kappa shape index (κ2) is 7.18. The number of rotatable bonds is 4. The third kappa shape index (κ3) is 2.96. The Morgan fingerprint density at radius 3 is 2.96 bits per heavy atom. The maximum absolute atomic E-state index is 6.12. The van der Waals surface area contributed by atoms with Crippen LogP contribution in [0, 0.1) is 11.8 Å². The van der Waals surface area contributed by atoms with Gasteiger partial charge in [0.2, 0.25) is 0 Å². The number of nitrogens with two attached hydrogens (primary N) is 1. The quantitative estimate of drug-likeness (QED) is 0.859. The largest absolute Gasteiger partial charge is 0.383 e. The van der Waals surface area contributed by atoms with Crippen LogP contribution in [-0.4, -0.2) is 47.6 Å². The Kier molecular flexibility index (Phi) is 5.00. The van der Waals surface area contributed by atoms with Crippen molar-refractivity contribution in [3.05, 3.63) is 18.1 Å². The summed E-state index contributed by atoms with van der Waals surface area (Å²) < 4.78 is 18.8. The molecule has 0 spiro atoms. The molecule has 7 nitrogen and oxygen atoms in total. The second-order valence-corrected chi connectivity index (χ2v) is 5.66. The molecule has 3 unspecified atom stereocenters. The summed E-state index contributed by atoms with van der Waals surface area (Å²) in [5.74, 6) is 6.64.